The van der Waals surface area contributed by atoms with E-state index in [4.69, 9.17) is 4.74 Å². The van der Waals surface area contributed by atoms with E-state index in [1.807, 2.05) is 6.07 Å². The van der Waals surface area contributed by atoms with Crippen LogP contribution in [0.15, 0.2) is 23.2 Å². The summed E-state index contributed by atoms with van der Waals surface area (Å²) in [5, 5.41) is 0.128. The number of nitrogens with one attached hydrogen (secondary N) is 1. The number of pyridine rings is 1. The molecular formula is C16H23N3O3S. The predicted octanol–water partition coefficient (Wildman–Crippen LogP) is 1.24. The minimum atomic E-state index is -3.53. The van der Waals surface area contributed by atoms with Gasteiger partial charge < -0.3 is 9.64 Å². The minimum Gasteiger partial charge on any atom is -0.381 e. The summed E-state index contributed by atoms with van der Waals surface area (Å²) in [4.78, 5) is 6.60. The molecule has 0 amide bonds. The maximum atomic E-state index is 12.5. The summed E-state index contributed by atoms with van der Waals surface area (Å²) in [6.07, 6.45) is 1.82. The Morgan fingerprint density at radius 3 is 2.57 bits per heavy atom. The van der Waals surface area contributed by atoms with Gasteiger partial charge in [0.2, 0.25) is 0 Å². The standard InChI is InChI=1S/C16H23N3O3S/c1-11-5-14(6-11)18-23(20,21)16-4-2-3-15(17-16)19-7-12-9-22-10-13(12)8-19/h2-4,11-14,18H,5-10H2,1H3/t11?,12-,13+,14?. The van der Waals surface area contributed by atoms with Gasteiger partial charge in [0.25, 0.3) is 10.0 Å². The quantitative estimate of drug-likeness (QED) is 0.895. The minimum absolute atomic E-state index is 0.0590. The highest BCUT2D eigenvalue weighted by atomic mass is 32.2. The van der Waals surface area contributed by atoms with Gasteiger partial charge >= 0.3 is 0 Å². The van der Waals surface area contributed by atoms with Crippen molar-refractivity contribution in [3.63, 3.8) is 0 Å². The third-order valence-corrected chi connectivity index (χ3v) is 6.67. The van der Waals surface area contributed by atoms with Crippen LogP contribution in [0.5, 0.6) is 0 Å². The van der Waals surface area contributed by atoms with E-state index in [0.29, 0.717) is 17.8 Å². The molecule has 0 radical (unpaired) electrons. The molecule has 2 saturated heterocycles. The first-order valence-corrected chi connectivity index (χ1v) is 9.81. The SMILES string of the molecule is CC1CC(NS(=O)(=O)c2cccc(N3C[C@H]4COC[C@H]4C3)n2)C1. The fraction of sp³-hybridized carbons (Fsp3) is 0.688. The van der Waals surface area contributed by atoms with Crippen LogP contribution in [-0.4, -0.2) is 45.7 Å². The van der Waals surface area contributed by atoms with E-state index in [0.717, 1.165) is 45.0 Å². The maximum absolute atomic E-state index is 12.5. The van der Waals surface area contributed by atoms with E-state index in [2.05, 4.69) is 21.5 Å². The van der Waals surface area contributed by atoms with Crippen LogP contribution >= 0.6 is 0 Å². The molecule has 1 aromatic heterocycles. The first-order chi connectivity index (χ1) is 11.0. The van der Waals surface area contributed by atoms with Crippen LogP contribution in [0.3, 0.4) is 0 Å². The summed E-state index contributed by atoms with van der Waals surface area (Å²) in [5.74, 6) is 2.45. The Labute approximate surface area is 137 Å². The fourth-order valence-corrected chi connectivity index (χ4v) is 5.11. The van der Waals surface area contributed by atoms with Crippen molar-refractivity contribution in [3.8, 4) is 0 Å². The van der Waals surface area contributed by atoms with Crippen molar-refractivity contribution in [1.82, 2.24) is 9.71 Å². The number of sulfonamides is 1. The Bertz CT molecular complexity index is 676. The Morgan fingerprint density at radius 2 is 1.91 bits per heavy atom. The van der Waals surface area contributed by atoms with E-state index in [1.54, 1.807) is 12.1 Å². The smallest absolute Gasteiger partial charge is 0.258 e. The maximum Gasteiger partial charge on any atom is 0.258 e. The van der Waals surface area contributed by atoms with Gasteiger partial charge in [0.15, 0.2) is 5.03 Å². The summed E-state index contributed by atoms with van der Waals surface area (Å²) in [6, 6.07) is 5.31. The van der Waals surface area contributed by atoms with Crippen molar-refractivity contribution >= 4 is 15.8 Å². The number of rotatable bonds is 4. The Balaban J connectivity index is 1.50. The number of hydrogen-bond donors (Lipinski definition) is 1. The van der Waals surface area contributed by atoms with Gasteiger partial charge in [-0.25, -0.2) is 18.1 Å². The van der Waals surface area contributed by atoms with Crippen LogP contribution in [0.4, 0.5) is 5.82 Å². The van der Waals surface area contributed by atoms with Crippen LogP contribution < -0.4 is 9.62 Å². The number of fused-ring (bicyclic) bond motifs is 1. The van der Waals surface area contributed by atoms with Gasteiger partial charge in [0.1, 0.15) is 5.82 Å². The number of nitrogens with zero attached hydrogens (tertiary/aromatic N) is 2. The molecule has 126 valence electrons. The zero-order valence-electron chi connectivity index (χ0n) is 13.3. The van der Waals surface area contributed by atoms with E-state index >= 15 is 0 Å². The van der Waals surface area contributed by atoms with Crippen LogP contribution in [0.2, 0.25) is 0 Å². The third-order valence-electron chi connectivity index (χ3n) is 5.24. The van der Waals surface area contributed by atoms with E-state index in [1.165, 1.54) is 0 Å². The highest BCUT2D eigenvalue weighted by Crippen LogP contribution is 2.32. The van der Waals surface area contributed by atoms with Gasteiger partial charge in [-0.15, -0.1) is 0 Å². The molecule has 1 aliphatic carbocycles. The van der Waals surface area contributed by atoms with Crippen molar-refractivity contribution in [2.45, 2.75) is 30.8 Å². The van der Waals surface area contributed by atoms with Gasteiger partial charge in [-0.3, -0.25) is 0 Å². The van der Waals surface area contributed by atoms with Gasteiger partial charge in [-0.1, -0.05) is 13.0 Å². The van der Waals surface area contributed by atoms with Crippen LogP contribution in [0.25, 0.3) is 0 Å². The largest absolute Gasteiger partial charge is 0.381 e. The van der Waals surface area contributed by atoms with Crippen molar-refractivity contribution in [2.24, 2.45) is 17.8 Å². The first kappa shape index (κ1) is 15.4. The lowest BCUT2D eigenvalue weighted by Gasteiger charge is -2.32. The highest BCUT2D eigenvalue weighted by molar-refractivity contribution is 7.89. The molecule has 1 aromatic rings. The lowest BCUT2D eigenvalue weighted by molar-refractivity contribution is 0.177. The molecule has 0 unspecified atom stereocenters. The molecule has 0 bridgehead atoms. The molecule has 6 nitrogen and oxygen atoms in total. The average molecular weight is 337 g/mol. The Kier molecular flexibility index (Phi) is 3.82. The van der Waals surface area contributed by atoms with E-state index < -0.39 is 10.0 Å². The van der Waals surface area contributed by atoms with Crippen LogP contribution in [0.1, 0.15) is 19.8 Å². The molecular weight excluding hydrogens is 314 g/mol. The monoisotopic (exact) mass is 337 g/mol. The lowest BCUT2D eigenvalue weighted by atomic mass is 9.83. The molecule has 7 heteroatoms. The molecule has 3 fully saturated rings. The number of hydrogen-bond acceptors (Lipinski definition) is 5. The number of ether oxygens (including phenoxy) is 1. The lowest BCUT2D eigenvalue weighted by Crippen LogP contribution is -2.43. The zero-order chi connectivity index (χ0) is 16.0. The molecule has 0 spiro atoms. The van der Waals surface area contributed by atoms with Crippen LogP contribution in [0, 0.1) is 17.8 Å². The topological polar surface area (TPSA) is 71.5 Å². The second-order valence-electron chi connectivity index (χ2n) is 7.19. The molecule has 3 aliphatic rings. The highest BCUT2D eigenvalue weighted by Gasteiger charge is 2.38. The van der Waals surface area contributed by atoms with Crippen molar-refractivity contribution in [2.75, 3.05) is 31.2 Å². The first-order valence-electron chi connectivity index (χ1n) is 8.33. The fourth-order valence-electron chi connectivity index (χ4n) is 3.88. The summed E-state index contributed by atoms with van der Waals surface area (Å²) in [7, 11) is -3.53. The molecule has 0 aromatic carbocycles. The van der Waals surface area contributed by atoms with Gasteiger partial charge in [0.05, 0.1) is 13.2 Å². The number of aromatic nitrogens is 1. The summed E-state index contributed by atoms with van der Waals surface area (Å²) in [5.41, 5.74) is 0. The van der Waals surface area contributed by atoms with Crippen molar-refractivity contribution in [1.29, 1.82) is 0 Å². The van der Waals surface area contributed by atoms with Crippen molar-refractivity contribution in [3.05, 3.63) is 18.2 Å². The second kappa shape index (κ2) is 5.72. The molecule has 2 atom stereocenters. The molecule has 3 heterocycles. The summed E-state index contributed by atoms with van der Waals surface area (Å²) in [6.45, 7) is 5.54. The summed E-state index contributed by atoms with van der Waals surface area (Å²) < 4.78 is 33.2. The molecule has 1 N–H and O–H groups in total. The Hall–Kier alpha value is -1.18. The number of anilines is 1. The van der Waals surface area contributed by atoms with Gasteiger partial charge in [0, 0.05) is 31.0 Å². The second-order valence-corrected chi connectivity index (χ2v) is 8.85. The van der Waals surface area contributed by atoms with E-state index in [-0.39, 0.29) is 11.1 Å². The average Bonchev–Trinajstić information content (AvgIpc) is 3.07. The zero-order valence-corrected chi connectivity index (χ0v) is 14.1. The predicted molar refractivity (Wildman–Crippen MR) is 86.8 cm³/mol. The molecule has 23 heavy (non-hydrogen) atoms. The van der Waals surface area contributed by atoms with E-state index in [9.17, 15) is 8.42 Å². The van der Waals surface area contributed by atoms with Crippen LogP contribution in [-0.2, 0) is 14.8 Å². The van der Waals surface area contributed by atoms with Gasteiger partial charge in [-0.05, 0) is 30.9 Å². The Morgan fingerprint density at radius 1 is 1.22 bits per heavy atom. The normalized spacial score (nSPS) is 33.5. The molecule has 1 saturated carbocycles. The molecule has 4 rings (SSSR count). The van der Waals surface area contributed by atoms with Crippen molar-refractivity contribution < 1.29 is 13.2 Å². The summed E-state index contributed by atoms with van der Waals surface area (Å²) >= 11 is 0. The third kappa shape index (κ3) is 2.97. The van der Waals surface area contributed by atoms with Gasteiger partial charge in [-0.2, -0.15) is 0 Å². The molecule has 2 aliphatic heterocycles.